The minimum Gasteiger partial charge on any atom is -0.478 e. The number of para-hydroxylation sites is 1. The number of anilines is 1. The van der Waals surface area contributed by atoms with E-state index in [1.165, 1.54) is 11.8 Å². The number of carboxylic acids is 1. The van der Waals surface area contributed by atoms with Crippen LogP contribution in [0.1, 0.15) is 27.0 Å². The molecule has 1 N–H and O–H groups in total. The van der Waals surface area contributed by atoms with Crippen molar-refractivity contribution in [3.05, 3.63) is 100.0 Å². The Balaban J connectivity index is 1.43. The van der Waals surface area contributed by atoms with Gasteiger partial charge in [-0.1, -0.05) is 36.4 Å². The number of benzene rings is 3. The summed E-state index contributed by atoms with van der Waals surface area (Å²) in [7, 11) is 0. The van der Waals surface area contributed by atoms with Crippen molar-refractivity contribution in [2.24, 2.45) is 4.99 Å². The van der Waals surface area contributed by atoms with Crippen LogP contribution in [0.2, 0.25) is 0 Å². The van der Waals surface area contributed by atoms with Crippen LogP contribution in [0.5, 0.6) is 0 Å². The molecule has 3 aromatic rings. The molecule has 7 nitrogen and oxygen atoms in total. The highest BCUT2D eigenvalue weighted by molar-refractivity contribution is 8.18. The van der Waals surface area contributed by atoms with Gasteiger partial charge >= 0.3 is 5.97 Å². The molecule has 2 aliphatic rings. The number of thioether (sulfide) groups is 1. The number of morpholine rings is 1. The van der Waals surface area contributed by atoms with E-state index in [2.05, 4.69) is 30.0 Å². The van der Waals surface area contributed by atoms with E-state index >= 15 is 0 Å². The van der Waals surface area contributed by atoms with Crippen molar-refractivity contribution in [3.8, 4) is 0 Å². The van der Waals surface area contributed by atoms with Crippen molar-refractivity contribution in [3.63, 3.8) is 0 Å². The maximum atomic E-state index is 13.6. The third kappa shape index (κ3) is 5.76. The average molecular weight is 514 g/mol. The molecule has 3 aromatic carbocycles. The van der Waals surface area contributed by atoms with Gasteiger partial charge in [0.25, 0.3) is 5.91 Å². The summed E-state index contributed by atoms with van der Waals surface area (Å²) in [4.78, 5) is 34.1. The summed E-state index contributed by atoms with van der Waals surface area (Å²) in [5.74, 6) is -1.11. The van der Waals surface area contributed by atoms with Gasteiger partial charge in [-0.3, -0.25) is 9.69 Å². The van der Waals surface area contributed by atoms with Gasteiger partial charge in [0.1, 0.15) is 0 Å². The lowest BCUT2D eigenvalue weighted by atomic mass is 10.1. The summed E-state index contributed by atoms with van der Waals surface area (Å²) in [6.45, 7) is 5.56. The van der Waals surface area contributed by atoms with Crippen LogP contribution in [0.15, 0.2) is 82.7 Å². The van der Waals surface area contributed by atoms with Gasteiger partial charge < -0.3 is 14.7 Å². The molecule has 0 aliphatic carbocycles. The molecule has 1 amide bonds. The fourth-order valence-corrected chi connectivity index (χ4v) is 5.25. The van der Waals surface area contributed by atoms with Crippen LogP contribution in [0.4, 0.5) is 11.4 Å². The third-order valence-corrected chi connectivity index (χ3v) is 7.33. The molecule has 2 saturated heterocycles. The maximum absolute atomic E-state index is 13.6. The SMILES string of the molecule is Cc1cc(N2CCOCC2)ccc1/C=C1\SC(=Nc2ccccc2)N(Cc2ccc(C(=O)O)cc2)C1=O. The lowest BCUT2D eigenvalue weighted by Crippen LogP contribution is -2.36. The number of aryl methyl sites for hydroxylation is 1. The van der Waals surface area contributed by atoms with E-state index < -0.39 is 5.97 Å². The average Bonchev–Trinajstić information content (AvgIpc) is 3.20. The summed E-state index contributed by atoms with van der Waals surface area (Å²) in [5.41, 5.74) is 5.03. The maximum Gasteiger partial charge on any atom is 0.335 e. The highest BCUT2D eigenvalue weighted by Crippen LogP contribution is 2.36. The van der Waals surface area contributed by atoms with Crippen molar-refractivity contribution in [2.75, 3.05) is 31.2 Å². The second-order valence-electron chi connectivity index (χ2n) is 8.87. The first-order valence-corrected chi connectivity index (χ1v) is 12.9. The van der Waals surface area contributed by atoms with Crippen LogP contribution in [0.3, 0.4) is 0 Å². The van der Waals surface area contributed by atoms with Crippen LogP contribution < -0.4 is 4.90 Å². The van der Waals surface area contributed by atoms with Gasteiger partial charge in [-0.2, -0.15) is 0 Å². The largest absolute Gasteiger partial charge is 0.478 e. The van der Waals surface area contributed by atoms with Crippen molar-refractivity contribution in [2.45, 2.75) is 13.5 Å². The molecule has 0 saturated carbocycles. The Morgan fingerprint density at radius 2 is 1.78 bits per heavy atom. The molecule has 0 atom stereocenters. The van der Waals surface area contributed by atoms with E-state index in [0.29, 0.717) is 16.6 Å². The van der Waals surface area contributed by atoms with E-state index in [0.717, 1.165) is 54.4 Å². The molecule has 0 unspecified atom stereocenters. The second kappa shape index (κ2) is 11.0. The predicted molar refractivity (Wildman–Crippen MR) is 147 cm³/mol. The van der Waals surface area contributed by atoms with Crippen LogP contribution in [-0.4, -0.2) is 53.4 Å². The molecule has 2 fully saturated rings. The standard InChI is InChI=1S/C29H27N3O4S/c1-20-17-25(31-13-15-36-16-14-31)12-11-23(20)18-26-27(33)32(19-21-7-9-22(10-8-21)28(34)35)29(37-26)30-24-5-3-2-4-6-24/h2-12,17-18H,13-16,19H2,1H3,(H,34,35)/b26-18-,30-29?. The lowest BCUT2D eigenvalue weighted by Gasteiger charge is -2.29. The van der Waals surface area contributed by atoms with E-state index in [4.69, 9.17) is 9.73 Å². The van der Waals surface area contributed by atoms with E-state index in [1.807, 2.05) is 36.4 Å². The van der Waals surface area contributed by atoms with Crippen molar-refractivity contribution >= 4 is 46.3 Å². The number of hydrogen-bond acceptors (Lipinski definition) is 6. The Bertz CT molecular complexity index is 1360. The number of nitrogens with zero attached hydrogens (tertiary/aromatic N) is 3. The van der Waals surface area contributed by atoms with Crippen LogP contribution in [-0.2, 0) is 16.1 Å². The zero-order valence-corrected chi connectivity index (χ0v) is 21.3. The lowest BCUT2D eigenvalue weighted by molar-refractivity contribution is -0.122. The highest BCUT2D eigenvalue weighted by atomic mass is 32.2. The number of carboxylic acid groups (broad SMARTS) is 1. The molecule has 0 radical (unpaired) electrons. The predicted octanol–water partition coefficient (Wildman–Crippen LogP) is 5.33. The molecule has 2 heterocycles. The molecule has 2 aliphatic heterocycles. The normalized spacial score (nSPS) is 18.1. The van der Waals surface area contributed by atoms with E-state index in [9.17, 15) is 14.7 Å². The molecule has 188 valence electrons. The Morgan fingerprint density at radius 1 is 1.05 bits per heavy atom. The highest BCUT2D eigenvalue weighted by Gasteiger charge is 2.33. The molecule has 0 spiro atoms. The van der Waals surface area contributed by atoms with Gasteiger partial charge in [0, 0.05) is 18.8 Å². The molecule has 5 rings (SSSR count). The number of rotatable bonds is 6. The quantitative estimate of drug-likeness (QED) is 0.449. The molecule has 0 bridgehead atoms. The number of amides is 1. The van der Waals surface area contributed by atoms with Gasteiger partial charge in [0.15, 0.2) is 5.17 Å². The van der Waals surface area contributed by atoms with Gasteiger partial charge in [-0.05, 0) is 77.9 Å². The smallest absolute Gasteiger partial charge is 0.335 e. The summed E-state index contributed by atoms with van der Waals surface area (Å²) in [5, 5.41) is 9.78. The minimum absolute atomic E-state index is 0.126. The van der Waals surface area contributed by atoms with E-state index in [-0.39, 0.29) is 11.5 Å². The number of amidine groups is 1. The summed E-state index contributed by atoms with van der Waals surface area (Å²) < 4.78 is 5.46. The van der Waals surface area contributed by atoms with Gasteiger partial charge in [-0.15, -0.1) is 0 Å². The summed E-state index contributed by atoms with van der Waals surface area (Å²) >= 11 is 1.35. The van der Waals surface area contributed by atoms with Crippen LogP contribution in [0, 0.1) is 6.92 Å². The van der Waals surface area contributed by atoms with Gasteiger partial charge in [-0.25, -0.2) is 9.79 Å². The Morgan fingerprint density at radius 3 is 2.46 bits per heavy atom. The molecular weight excluding hydrogens is 486 g/mol. The first-order chi connectivity index (χ1) is 18.0. The number of hydrogen-bond donors (Lipinski definition) is 1. The first kappa shape index (κ1) is 24.8. The zero-order chi connectivity index (χ0) is 25.8. The molecular formula is C29H27N3O4S. The number of carbonyl (C=O) groups excluding carboxylic acids is 1. The fourth-order valence-electron chi connectivity index (χ4n) is 4.26. The van der Waals surface area contributed by atoms with Crippen molar-refractivity contribution in [1.29, 1.82) is 0 Å². The van der Waals surface area contributed by atoms with E-state index in [1.54, 1.807) is 29.2 Å². The van der Waals surface area contributed by atoms with Gasteiger partial charge in [0.05, 0.1) is 35.9 Å². The van der Waals surface area contributed by atoms with Crippen molar-refractivity contribution < 1.29 is 19.4 Å². The fraction of sp³-hybridized carbons (Fsp3) is 0.207. The van der Waals surface area contributed by atoms with Crippen LogP contribution in [0.25, 0.3) is 6.08 Å². The Labute approximate surface area is 220 Å². The number of aromatic carboxylic acids is 1. The molecule has 37 heavy (non-hydrogen) atoms. The number of aliphatic imine (C=N–C) groups is 1. The molecule has 8 heteroatoms. The third-order valence-electron chi connectivity index (χ3n) is 6.33. The minimum atomic E-state index is -0.981. The Hall–Kier alpha value is -3.88. The summed E-state index contributed by atoms with van der Waals surface area (Å²) in [6, 6.07) is 22.4. The molecule has 0 aromatic heterocycles. The second-order valence-corrected chi connectivity index (χ2v) is 9.88. The number of carbonyl (C=O) groups is 2. The topological polar surface area (TPSA) is 82.4 Å². The van der Waals surface area contributed by atoms with Crippen molar-refractivity contribution in [1.82, 2.24) is 4.90 Å². The zero-order valence-electron chi connectivity index (χ0n) is 20.5. The number of ether oxygens (including phenoxy) is 1. The Kier molecular flexibility index (Phi) is 7.39. The monoisotopic (exact) mass is 513 g/mol. The first-order valence-electron chi connectivity index (χ1n) is 12.1. The summed E-state index contributed by atoms with van der Waals surface area (Å²) in [6.07, 6.45) is 1.93. The van der Waals surface area contributed by atoms with Crippen LogP contribution >= 0.6 is 11.8 Å². The van der Waals surface area contributed by atoms with Gasteiger partial charge in [0.2, 0.25) is 0 Å².